The predicted octanol–water partition coefficient (Wildman–Crippen LogP) is 1.94. The lowest BCUT2D eigenvalue weighted by atomic mass is 10.2. The quantitative estimate of drug-likeness (QED) is 0.901. The predicted molar refractivity (Wildman–Crippen MR) is 72.2 cm³/mol. The van der Waals surface area contributed by atoms with Gasteiger partial charge in [-0.15, -0.1) is 0 Å². The third kappa shape index (κ3) is 3.32. The van der Waals surface area contributed by atoms with Crippen LogP contribution < -0.4 is 5.32 Å². The molecule has 6 heteroatoms. The molecule has 0 aromatic heterocycles. The first-order valence-corrected chi connectivity index (χ1v) is 6.78. The lowest BCUT2D eigenvalue weighted by Gasteiger charge is -2.17. The molecule has 1 aliphatic heterocycles. The van der Waals surface area contributed by atoms with Crippen LogP contribution in [0.1, 0.15) is 23.7 Å². The first-order chi connectivity index (χ1) is 8.97. The monoisotopic (exact) mass is 328 g/mol. The smallest absolute Gasteiger partial charge is 0.256 e. The Morgan fingerprint density at radius 1 is 1.47 bits per heavy atom. The van der Waals surface area contributed by atoms with Crippen molar-refractivity contribution in [3.63, 3.8) is 0 Å². The van der Waals surface area contributed by atoms with Crippen LogP contribution in [0.5, 0.6) is 0 Å². The Kier molecular flexibility index (Phi) is 4.19. The summed E-state index contributed by atoms with van der Waals surface area (Å²) >= 11 is 3.15. The lowest BCUT2D eigenvalue weighted by molar-refractivity contribution is -0.119. The standard InChI is InChI=1S/C13H14BrFN2O2/c1-8(18)16-10-4-5-17(7-10)13(19)11-3-2-9(14)6-12(11)15/h2-3,6,10H,4-5,7H2,1H3,(H,16,18). The molecule has 19 heavy (non-hydrogen) atoms. The summed E-state index contributed by atoms with van der Waals surface area (Å²) in [5.41, 5.74) is 0.0617. The molecule has 4 nitrogen and oxygen atoms in total. The highest BCUT2D eigenvalue weighted by Gasteiger charge is 2.28. The molecule has 1 atom stereocenters. The van der Waals surface area contributed by atoms with Gasteiger partial charge in [-0.25, -0.2) is 4.39 Å². The number of carbonyl (C=O) groups is 2. The van der Waals surface area contributed by atoms with Crippen LogP contribution in [0.4, 0.5) is 4.39 Å². The minimum absolute atomic E-state index is 0.0417. The molecule has 1 heterocycles. The van der Waals surface area contributed by atoms with E-state index in [1.165, 1.54) is 19.1 Å². The minimum Gasteiger partial charge on any atom is -0.352 e. The number of rotatable bonds is 2. The van der Waals surface area contributed by atoms with Crippen LogP contribution in [0.3, 0.4) is 0 Å². The Morgan fingerprint density at radius 2 is 2.21 bits per heavy atom. The molecule has 0 aliphatic carbocycles. The van der Waals surface area contributed by atoms with E-state index in [0.29, 0.717) is 24.0 Å². The van der Waals surface area contributed by atoms with Crippen LogP contribution in [-0.2, 0) is 4.79 Å². The van der Waals surface area contributed by atoms with Gasteiger partial charge in [-0.1, -0.05) is 15.9 Å². The average molecular weight is 329 g/mol. The molecule has 2 rings (SSSR count). The Balaban J connectivity index is 2.07. The van der Waals surface area contributed by atoms with Gasteiger partial charge in [0.15, 0.2) is 0 Å². The van der Waals surface area contributed by atoms with Gasteiger partial charge in [0.25, 0.3) is 5.91 Å². The summed E-state index contributed by atoms with van der Waals surface area (Å²) in [7, 11) is 0. The number of nitrogens with zero attached hydrogens (tertiary/aromatic N) is 1. The number of carbonyl (C=O) groups excluding carboxylic acids is 2. The van der Waals surface area contributed by atoms with E-state index in [1.54, 1.807) is 11.0 Å². The van der Waals surface area contributed by atoms with Crippen LogP contribution >= 0.6 is 15.9 Å². The van der Waals surface area contributed by atoms with Crippen LogP contribution in [-0.4, -0.2) is 35.8 Å². The van der Waals surface area contributed by atoms with E-state index >= 15 is 0 Å². The molecule has 1 aromatic carbocycles. The van der Waals surface area contributed by atoms with E-state index in [1.807, 2.05) is 0 Å². The first-order valence-electron chi connectivity index (χ1n) is 5.99. The minimum atomic E-state index is -0.539. The molecule has 102 valence electrons. The van der Waals surface area contributed by atoms with Crippen LogP contribution in [0.15, 0.2) is 22.7 Å². The van der Waals surface area contributed by atoms with Crippen molar-refractivity contribution in [2.45, 2.75) is 19.4 Å². The third-order valence-corrected chi connectivity index (χ3v) is 3.54. The molecule has 1 N–H and O–H groups in total. The third-order valence-electron chi connectivity index (χ3n) is 3.04. The van der Waals surface area contributed by atoms with Crippen molar-refractivity contribution in [2.75, 3.05) is 13.1 Å². The number of nitrogens with one attached hydrogen (secondary N) is 1. The van der Waals surface area contributed by atoms with Gasteiger partial charge in [0.1, 0.15) is 5.82 Å². The van der Waals surface area contributed by atoms with Crippen molar-refractivity contribution >= 4 is 27.7 Å². The summed E-state index contributed by atoms with van der Waals surface area (Å²) in [6.45, 7) is 2.39. The topological polar surface area (TPSA) is 49.4 Å². The Morgan fingerprint density at radius 3 is 2.84 bits per heavy atom. The van der Waals surface area contributed by atoms with E-state index < -0.39 is 5.82 Å². The average Bonchev–Trinajstić information content (AvgIpc) is 2.75. The zero-order valence-electron chi connectivity index (χ0n) is 10.5. The van der Waals surface area contributed by atoms with Crippen molar-refractivity contribution in [2.24, 2.45) is 0 Å². The maximum absolute atomic E-state index is 13.7. The summed E-state index contributed by atoms with van der Waals surface area (Å²) in [5, 5.41) is 2.77. The van der Waals surface area contributed by atoms with Crippen molar-refractivity contribution in [3.05, 3.63) is 34.1 Å². The van der Waals surface area contributed by atoms with Crippen molar-refractivity contribution in [1.82, 2.24) is 10.2 Å². The molecule has 0 spiro atoms. The van der Waals surface area contributed by atoms with Gasteiger partial charge < -0.3 is 10.2 Å². The second-order valence-electron chi connectivity index (χ2n) is 4.56. The SMILES string of the molecule is CC(=O)NC1CCN(C(=O)c2ccc(Br)cc2F)C1. The summed E-state index contributed by atoms with van der Waals surface area (Å²) in [6.07, 6.45) is 0.698. The van der Waals surface area contributed by atoms with Crippen molar-refractivity contribution in [1.29, 1.82) is 0 Å². The lowest BCUT2D eigenvalue weighted by Crippen LogP contribution is -2.37. The van der Waals surface area contributed by atoms with Crippen LogP contribution in [0, 0.1) is 5.82 Å². The van der Waals surface area contributed by atoms with Gasteiger partial charge in [-0.3, -0.25) is 9.59 Å². The Labute approximate surface area is 119 Å². The van der Waals surface area contributed by atoms with Gasteiger partial charge >= 0.3 is 0 Å². The van der Waals surface area contributed by atoms with Crippen LogP contribution in [0.2, 0.25) is 0 Å². The van der Waals surface area contributed by atoms with Crippen LogP contribution in [0.25, 0.3) is 0 Å². The molecular formula is C13H14BrFN2O2. The summed E-state index contributed by atoms with van der Waals surface area (Å²) in [4.78, 5) is 24.7. The van der Waals surface area contributed by atoms with E-state index in [4.69, 9.17) is 0 Å². The number of likely N-dealkylation sites (tertiary alicyclic amines) is 1. The molecule has 0 radical (unpaired) electrons. The highest BCUT2D eigenvalue weighted by atomic mass is 79.9. The second-order valence-corrected chi connectivity index (χ2v) is 5.48. The van der Waals surface area contributed by atoms with Gasteiger partial charge in [-0.05, 0) is 24.6 Å². The second kappa shape index (κ2) is 5.69. The zero-order chi connectivity index (χ0) is 14.0. The fourth-order valence-electron chi connectivity index (χ4n) is 2.18. The van der Waals surface area contributed by atoms with Crippen molar-refractivity contribution < 1.29 is 14.0 Å². The highest BCUT2D eigenvalue weighted by molar-refractivity contribution is 9.10. The summed E-state index contributed by atoms with van der Waals surface area (Å²) in [5.74, 6) is -0.991. The number of benzene rings is 1. The maximum Gasteiger partial charge on any atom is 0.256 e. The fraction of sp³-hybridized carbons (Fsp3) is 0.385. The molecule has 1 fully saturated rings. The van der Waals surface area contributed by atoms with Gasteiger partial charge in [0.2, 0.25) is 5.91 Å². The van der Waals surface area contributed by atoms with Gasteiger partial charge in [0, 0.05) is 30.5 Å². The van der Waals surface area contributed by atoms with Crippen molar-refractivity contribution in [3.8, 4) is 0 Å². The number of amides is 2. The summed E-state index contributed by atoms with van der Waals surface area (Å²) in [6, 6.07) is 4.33. The van der Waals surface area contributed by atoms with E-state index in [2.05, 4.69) is 21.2 Å². The zero-order valence-corrected chi connectivity index (χ0v) is 12.0. The van der Waals surface area contributed by atoms with E-state index in [9.17, 15) is 14.0 Å². The number of hydrogen-bond acceptors (Lipinski definition) is 2. The number of hydrogen-bond donors (Lipinski definition) is 1. The largest absolute Gasteiger partial charge is 0.352 e. The molecule has 1 saturated heterocycles. The van der Waals surface area contributed by atoms with E-state index in [-0.39, 0.29) is 23.4 Å². The molecule has 0 saturated carbocycles. The molecule has 2 amide bonds. The summed E-state index contributed by atoms with van der Waals surface area (Å²) < 4.78 is 14.3. The van der Waals surface area contributed by atoms with Gasteiger partial charge in [-0.2, -0.15) is 0 Å². The maximum atomic E-state index is 13.7. The molecule has 1 aliphatic rings. The Bertz CT molecular complexity index is 521. The molecular weight excluding hydrogens is 315 g/mol. The van der Waals surface area contributed by atoms with Gasteiger partial charge in [0.05, 0.1) is 5.56 Å². The fourth-order valence-corrected chi connectivity index (χ4v) is 2.52. The Hall–Kier alpha value is -1.43. The molecule has 0 bridgehead atoms. The number of halogens is 2. The highest BCUT2D eigenvalue weighted by Crippen LogP contribution is 2.19. The molecule has 1 aromatic rings. The first kappa shape index (κ1) is 14.0. The molecule has 1 unspecified atom stereocenters. The van der Waals surface area contributed by atoms with E-state index in [0.717, 1.165) is 0 Å². The normalized spacial score (nSPS) is 18.5.